The molecule has 0 saturated carbocycles. The van der Waals surface area contributed by atoms with Gasteiger partial charge >= 0.3 is 6.03 Å². The number of urea groups is 1. The molecule has 4 aromatic rings. The number of hydrogen-bond acceptors (Lipinski definition) is 7. The summed E-state index contributed by atoms with van der Waals surface area (Å²) < 4.78 is 29.5. The standard InChI is InChI=1S/C30H33N7O4S/c1-36-15-17-37(18-16-36)21-29(38)34-27-12-13-28(26-7-3-2-6-25(26)27)42(40,41)35-24-10-8-23(9-11-24)33-30(39)32-20-22-5-4-14-31-19-22/h2-14,19,35H,15-18,20-21H2,1H3,(H,34,38)(H2,32,33,39). The van der Waals surface area contributed by atoms with Crippen LogP contribution < -0.4 is 20.7 Å². The first-order valence-corrected chi connectivity index (χ1v) is 15.0. The Bertz CT molecular complexity index is 1660. The molecule has 1 saturated heterocycles. The highest BCUT2D eigenvalue weighted by atomic mass is 32.2. The van der Waals surface area contributed by atoms with E-state index < -0.39 is 16.1 Å². The van der Waals surface area contributed by atoms with E-state index in [0.29, 0.717) is 34.4 Å². The Kier molecular flexibility index (Phi) is 8.96. The van der Waals surface area contributed by atoms with Gasteiger partial charge in [-0.15, -0.1) is 0 Å². The number of piperazine rings is 1. The van der Waals surface area contributed by atoms with Crippen LogP contribution in [0.5, 0.6) is 0 Å². The SMILES string of the molecule is CN1CCN(CC(=O)Nc2ccc(S(=O)(=O)Nc3ccc(NC(=O)NCc4cccnc4)cc3)c3ccccc23)CC1. The first kappa shape index (κ1) is 29.0. The van der Waals surface area contributed by atoms with Gasteiger partial charge in [0.15, 0.2) is 0 Å². The number of aromatic nitrogens is 1. The Morgan fingerprint density at radius 1 is 0.833 bits per heavy atom. The molecule has 3 amide bonds. The number of anilines is 3. The number of pyridine rings is 1. The van der Waals surface area contributed by atoms with Gasteiger partial charge < -0.3 is 20.9 Å². The number of fused-ring (bicyclic) bond motifs is 1. The second-order valence-electron chi connectivity index (χ2n) is 10.1. The lowest BCUT2D eigenvalue weighted by molar-refractivity contribution is -0.117. The summed E-state index contributed by atoms with van der Waals surface area (Å²) in [5, 5.41) is 9.55. The van der Waals surface area contributed by atoms with Crippen molar-refractivity contribution in [3.05, 3.63) is 90.8 Å². The first-order valence-electron chi connectivity index (χ1n) is 13.6. The molecule has 5 rings (SSSR count). The van der Waals surface area contributed by atoms with E-state index in [9.17, 15) is 18.0 Å². The quantitative estimate of drug-likeness (QED) is 0.235. The molecular weight excluding hydrogens is 554 g/mol. The number of benzene rings is 3. The Balaban J connectivity index is 1.24. The number of sulfonamides is 1. The van der Waals surface area contributed by atoms with Gasteiger partial charge in [0.05, 0.1) is 11.4 Å². The van der Waals surface area contributed by atoms with E-state index in [-0.39, 0.29) is 17.3 Å². The molecule has 0 spiro atoms. The van der Waals surface area contributed by atoms with Crippen LogP contribution in [0.2, 0.25) is 0 Å². The third-order valence-electron chi connectivity index (χ3n) is 6.98. The Labute approximate surface area is 245 Å². The molecule has 12 heteroatoms. The van der Waals surface area contributed by atoms with Crippen LogP contribution in [0.15, 0.2) is 90.1 Å². The second-order valence-corrected chi connectivity index (χ2v) is 11.8. The zero-order valence-corrected chi connectivity index (χ0v) is 24.0. The lowest BCUT2D eigenvalue weighted by Gasteiger charge is -2.31. The van der Waals surface area contributed by atoms with Gasteiger partial charge in [-0.2, -0.15) is 0 Å². The van der Waals surface area contributed by atoms with Crippen LogP contribution in [-0.2, 0) is 21.4 Å². The molecule has 1 aliphatic rings. The average Bonchev–Trinajstić information content (AvgIpc) is 2.99. The summed E-state index contributed by atoms with van der Waals surface area (Å²) in [6.45, 7) is 4.08. The van der Waals surface area contributed by atoms with Gasteiger partial charge in [0.2, 0.25) is 5.91 Å². The average molecular weight is 588 g/mol. The largest absolute Gasteiger partial charge is 0.334 e. The topological polar surface area (TPSA) is 136 Å². The van der Waals surface area contributed by atoms with Crippen molar-refractivity contribution in [3.63, 3.8) is 0 Å². The van der Waals surface area contributed by atoms with E-state index >= 15 is 0 Å². The highest BCUT2D eigenvalue weighted by Gasteiger charge is 2.21. The minimum Gasteiger partial charge on any atom is -0.334 e. The summed E-state index contributed by atoms with van der Waals surface area (Å²) >= 11 is 0. The lowest BCUT2D eigenvalue weighted by Crippen LogP contribution is -2.47. The molecule has 1 fully saturated rings. The zero-order chi connectivity index (χ0) is 29.5. The maximum atomic E-state index is 13.4. The molecule has 0 atom stereocenters. The molecule has 11 nitrogen and oxygen atoms in total. The van der Waals surface area contributed by atoms with Crippen molar-refractivity contribution in [1.82, 2.24) is 20.1 Å². The van der Waals surface area contributed by atoms with E-state index in [0.717, 1.165) is 31.7 Å². The highest BCUT2D eigenvalue weighted by Crippen LogP contribution is 2.31. The summed E-state index contributed by atoms with van der Waals surface area (Å²) in [5.41, 5.74) is 2.26. The van der Waals surface area contributed by atoms with Crippen molar-refractivity contribution < 1.29 is 18.0 Å². The van der Waals surface area contributed by atoms with Gasteiger partial charge in [-0.05, 0) is 55.1 Å². The zero-order valence-electron chi connectivity index (χ0n) is 23.2. The normalized spacial score (nSPS) is 14.3. The molecular formula is C30H33N7O4S. The van der Waals surface area contributed by atoms with Crippen LogP contribution in [0.1, 0.15) is 5.56 Å². The van der Waals surface area contributed by atoms with Crippen LogP contribution >= 0.6 is 0 Å². The molecule has 0 bridgehead atoms. The van der Waals surface area contributed by atoms with Crippen molar-refractivity contribution in [2.24, 2.45) is 0 Å². The molecule has 2 heterocycles. The molecule has 0 radical (unpaired) electrons. The van der Waals surface area contributed by atoms with Crippen molar-refractivity contribution in [2.45, 2.75) is 11.4 Å². The number of nitrogens with one attached hydrogen (secondary N) is 4. The lowest BCUT2D eigenvalue weighted by atomic mass is 10.1. The Morgan fingerprint density at radius 3 is 2.26 bits per heavy atom. The molecule has 3 aromatic carbocycles. The van der Waals surface area contributed by atoms with Crippen LogP contribution in [0.25, 0.3) is 10.8 Å². The van der Waals surface area contributed by atoms with E-state index in [2.05, 4.69) is 42.5 Å². The molecule has 4 N–H and O–H groups in total. The van der Waals surface area contributed by atoms with Crippen molar-refractivity contribution in [1.29, 1.82) is 0 Å². The molecule has 0 aliphatic carbocycles. The number of likely N-dealkylation sites (N-methyl/N-ethyl adjacent to an activating group) is 1. The van der Waals surface area contributed by atoms with Gasteiger partial charge in [-0.3, -0.25) is 19.4 Å². The van der Waals surface area contributed by atoms with E-state index in [1.807, 2.05) is 6.07 Å². The van der Waals surface area contributed by atoms with E-state index in [1.54, 1.807) is 73.1 Å². The predicted octanol–water partition coefficient (Wildman–Crippen LogP) is 3.54. The van der Waals surface area contributed by atoms with Gasteiger partial charge in [0.25, 0.3) is 10.0 Å². The number of hydrogen-bond donors (Lipinski definition) is 4. The third-order valence-corrected chi connectivity index (χ3v) is 8.42. The minimum absolute atomic E-state index is 0.0900. The summed E-state index contributed by atoms with van der Waals surface area (Å²) in [4.78, 5) is 33.5. The minimum atomic E-state index is -3.97. The monoisotopic (exact) mass is 587 g/mol. The van der Waals surface area contributed by atoms with Crippen LogP contribution in [0, 0.1) is 0 Å². The van der Waals surface area contributed by atoms with Crippen molar-refractivity contribution in [2.75, 3.05) is 55.1 Å². The molecule has 1 aliphatic heterocycles. The number of rotatable bonds is 9. The van der Waals surface area contributed by atoms with Gasteiger partial charge in [0.1, 0.15) is 0 Å². The van der Waals surface area contributed by atoms with Gasteiger partial charge in [0, 0.05) is 73.0 Å². The van der Waals surface area contributed by atoms with Gasteiger partial charge in [-0.25, -0.2) is 13.2 Å². The maximum Gasteiger partial charge on any atom is 0.319 e. The predicted molar refractivity (Wildman–Crippen MR) is 164 cm³/mol. The molecule has 42 heavy (non-hydrogen) atoms. The Hall–Kier alpha value is -4.52. The third kappa shape index (κ3) is 7.40. The van der Waals surface area contributed by atoms with Crippen LogP contribution in [0.4, 0.5) is 21.9 Å². The molecule has 1 aromatic heterocycles. The maximum absolute atomic E-state index is 13.4. The Morgan fingerprint density at radius 2 is 1.55 bits per heavy atom. The smallest absolute Gasteiger partial charge is 0.319 e. The summed E-state index contributed by atoms with van der Waals surface area (Å²) in [6, 6.07) is 19.8. The number of carbonyl (C=O) groups excluding carboxylic acids is 2. The van der Waals surface area contributed by atoms with Crippen molar-refractivity contribution in [3.8, 4) is 0 Å². The number of nitrogens with zero attached hydrogens (tertiary/aromatic N) is 3. The highest BCUT2D eigenvalue weighted by molar-refractivity contribution is 7.93. The van der Waals surface area contributed by atoms with Crippen molar-refractivity contribution >= 4 is 49.8 Å². The first-order chi connectivity index (χ1) is 20.3. The summed E-state index contributed by atoms with van der Waals surface area (Å²) in [5.74, 6) is -0.141. The van der Waals surface area contributed by atoms with E-state index in [1.165, 1.54) is 6.07 Å². The van der Waals surface area contributed by atoms with E-state index in [4.69, 9.17) is 0 Å². The fourth-order valence-electron chi connectivity index (χ4n) is 4.71. The second kappa shape index (κ2) is 13.0. The number of carbonyl (C=O) groups is 2. The molecule has 0 unspecified atom stereocenters. The molecule has 218 valence electrons. The fraction of sp³-hybridized carbons (Fsp3) is 0.233. The number of amides is 3. The van der Waals surface area contributed by atoms with Crippen LogP contribution in [-0.4, -0.2) is 74.9 Å². The van der Waals surface area contributed by atoms with Gasteiger partial charge in [-0.1, -0.05) is 30.3 Å². The summed E-state index contributed by atoms with van der Waals surface area (Å²) in [7, 11) is -1.91. The fourth-order valence-corrected chi connectivity index (χ4v) is 5.98. The van der Waals surface area contributed by atoms with Crippen LogP contribution in [0.3, 0.4) is 0 Å². The summed E-state index contributed by atoms with van der Waals surface area (Å²) in [6.07, 6.45) is 3.33.